The maximum absolute atomic E-state index is 13.0. The molecule has 1 rings (SSSR count). The number of carbonyl (C=O) groups is 5. The summed E-state index contributed by atoms with van der Waals surface area (Å²) in [6, 6.07) is -4.93. The first-order valence-electron chi connectivity index (χ1n) is 10.1. The van der Waals surface area contributed by atoms with Gasteiger partial charge in [-0.2, -0.15) is 12.6 Å². The molecule has 3 amide bonds. The molecule has 4 unspecified atom stereocenters. The van der Waals surface area contributed by atoms with Crippen molar-refractivity contribution in [2.45, 2.75) is 57.3 Å². The minimum atomic E-state index is -1.67. The maximum atomic E-state index is 13.0. The Kier molecular flexibility index (Phi) is 11.4. The number of nitrogens with two attached hydrogens (primary N) is 1. The molecule has 0 spiro atoms. The van der Waals surface area contributed by atoms with E-state index in [1.165, 1.54) is 12.5 Å². The Labute approximate surface area is 195 Å². The average molecular weight is 487 g/mol. The van der Waals surface area contributed by atoms with Crippen molar-refractivity contribution in [1.29, 1.82) is 0 Å². The topological polar surface area (TPSA) is 217 Å². The number of rotatable bonds is 14. The average Bonchev–Trinajstić information content (AvgIpc) is 3.23. The van der Waals surface area contributed by atoms with Gasteiger partial charge in [0.25, 0.3) is 0 Å². The molecular formula is C19H30N6O7S. The molecule has 184 valence electrons. The Bertz CT molecular complexity index is 833. The lowest BCUT2D eigenvalue weighted by Gasteiger charge is -2.25. The number of nitrogens with zero attached hydrogens (tertiary/aromatic N) is 1. The molecule has 33 heavy (non-hydrogen) atoms. The zero-order valence-electron chi connectivity index (χ0n) is 18.3. The first-order chi connectivity index (χ1) is 15.4. The number of carboxylic acids is 2. The molecule has 8 N–H and O–H groups in total. The van der Waals surface area contributed by atoms with Crippen LogP contribution in [0.2, 0.25) is 0 Å². The van der Waals surface area contributed by atoms with Gasteiger partial charge in [-0.1, -0.05) is 13.8 Å². The third kappa shape index (κ3) is 9.91. The SMILES string of the molecule is CC(C)CC(NC(=O)C(Cc1cnc[nH]1)NC(=O)C(N)CS)C(=O)NC(CC(=O)O)C(=O)O. The van der Waals surface area contributed by atoms with Gasteiger partial charge in [-0.05, 0) is 12.3 Å². The number of carbonyl (C=O) groups excluding carboxylic acids is 3. The fraction of sp³-hybridized carbons (Fsp3) is 0.579. The first-order valence-corrected chi connectivity index (χ1v) is 10.8. The fourth-order valence-corrected chi connectivity index (χ4v) is 2.98. The van der Waals surface area contributed by atoms with Crippen LogP contribution in [-0.4, -0.2) is 79.8 Å². The Morgan fingerprint density at radius 1 is 1.03 bits per heavy atom. The number of hydrogen-bond acceptors (Lipinski definition) is 8. The van der Waals surface area contributed by atoms with Crippen LogP contribution in [-0.2, 0) is 30.4 Å². The van der Waals surface area contributed by atoms with E-state index >= 15 is 0 Å². The molecule has 0 radical (unpaired) electrons. The van der Waals surface area contributed by atoms with Crippen molar-refractivity contribution >= 4 is 42.3 Å². The summed E-state index contributed by atoms with van der Waals surface area (Å²) >= 11 is 3.96. The van der Waals surface area contributed by atoms with Gasteiger partial charge in [-0.25, -0.2) is 9.78 Å². The highest BCUT2D eigenvalue weighted by atomic mass is 32.1. The lowest BCUT2D eigenvalue weighted by atomic mass is 10.0. The lowest BCUT2D eigenvalue weighted by molar-refractivity contribution is -0.147. The van der Waals surface area contributed by atoms with Crippen LogP contribution in [0.1, 0.15) is 32.4 Å². The van der Waals surface area contributed by atoms with Crippen molar-refractivity contribution in [2.24, 2.45) is 11.7 Å². The number of nitrogens with one attached hydrogen (secondary N) is 4. The number of hydrogen-bond donors (Lipinski definition) is 8. The molecule has 1 aromatic rings. The molecule has 0 bridgehead atoms. The van der Waals surface area contributed by atoms with Crippen LogP contribution >= 0.6 is 12.6 Å². The van der Waals surface area contributed by atoms with E-state index in [-0.39, 0.29) is 24.5 Å². The van der Waals surface area contributed by atoms with E-state index < -0.39 is 60.2 Å². The van der Waals surface area contributed by atoms with Gasteiger partial charge < -0.3 is 36.9 Å². The molecule has 14 heteroatoms. The zero-order chi connectivity index (χ0) is 25.1. The monoisotopic (exact) mass is 486 g/mol. The molecule has 0 fully saturated rings. The highest BCUT2D eigenvalue weighted by Gasteiger charge is 2.31. The Hall–Kier alpha value is -3.13. The molecular weight excluding hydrogens is 456 g/mol. The van der Waals surface area contributed by atoms with Crippen LogP contribution in [0.4, 0.5) is 0 Å². The number of aromatic nitrogens is 2. The molecule has 0 aliphatic rings. The summed E-state index contributed by atoms with van der Waals surface area (Å²) in [5, 5.41) is 25.2. The number of imidazole rings is 1. The van der Waals surface area contributed by atoms with Gasteiger partial charge in [0.15, 0.2) is 0 Å². The third-order valence-corrected chi connectivity index (χ3v) is 4.87. The number of amides is 3. The van der Waals surface area contributed by atoms with Gasteiger partial charge >= 0.3 is 11.9 Å². The predicted octanol–water partition coefficient (Wildman–Crippen LogP) is -1.73. The van der Waals surface area contributed by atoms with Gasteiger partial charge in [0, 0.05) is 24.1 Å². The highest BCUT2D eigenvalue weighted by Crippen LogP contribution is 2.08. The molecule has 1 aromatic heterocycles. The summed E-state index contributed by atoms with van der Waals surface area (Å²) in [6.07, 6.45) is 2.19. The minimum Gasteiger partial charge on any atom is -0.481 e. The second-order valence-corrected chi connectivity index (χ2v) is 8.18. The summed E-state index contributed by atoms with van der Waals surface area (Å²) in [4.78, 5) is 66.8. The van der Waals surface area contributed by atoms with Crippen molar-refractivity contribution in [3.05, 3.63) is 18.2 Å². The van der Waals surface area contributed by atoms with E-state index in [4.69, 9.17) is 10.8 Å². The van der Waals surface area contributed by atoms with E-state index in [2.05, 4.69) is 38.5 Å². The zero-order valence-corrected chi connectivity index (χ0v) is 19.2. The van der Waals surface area contributed by atoms with E-state index in [9.17, 15) is 29.1 Å². The molecule has 0 aliphatic heterocycles. The third-order valence-electron chi connectivity index (χ3n) is 4.48. The number of carboxylic acid groups (broad SMARTS) is 2. The van der Waals surface area contributed by atoms with Crippen LogP contribution in [0.25, 0.3) is 0 Å². The minimum absolute atomic E-state index is 0.0175. The van der Waals surface area contributed by atoms with Gasteiger partial charge in [-0.3, -0.25) is 19.2 Å². The van der Waals surface area contributed by atoms with Gasteiger partial charge in [0.1, 0.15) is 18.1 Å². The largest absolute Gasteiger partial charge is 0.481 e. The van der Waals surface area contributed by atoms with Crippen LogP contribution in [0.3, 0.4) is 0 Å². The second kappa shape index (κ2) is 13.4. The maximum Gasteiger partial charge on any atom is 0.326 e. The Balaban J connectivity index is 3.04. The van der Waals surface area contributed by atoms with Crippen molar-refractivity contribution in [3.8, 4) is 0 Å². The van der Waals surface area contributed by atoms with Gasteiger partial charge in [0.05, 0.1) is 18.8 Å². The molecule has 13 nitrogen and oxygen atoms in total. The van der Waals surface area contributed by atoms with Crippen LogP contribution in [0.15, 0.2) is 12.5 Å². The number of thiol groups is 1. The van der Waals surface area contributed by atoms with Crippen LogP contribution < -0.4 is 21.7 Å². The Morgan fingerprint density at radius 3 is 2.09 bits per heavy atom. The Morgan fingerprint density at radius 2 is 1.61 bits per heavy atom. The summed E-state index contributed by atoms with van der Waals surface area (Å²) in [7, 11) is 0. The van der Waals surface area contributed by atoms with E-state index in [0.717, 1.165) is 0 Å². The highest BCUT2D eigenvalue weighted by molar-refractivity contribution is 7.80. The molecule has 0 saturated carbocycles. The van der Waals surface area contributed by atoms with Crippen molar-refractivity contribution in [1.82, 2.24) is 25.9 Å². The van der Waals surface area contributed by atoms with Crippen LogP contribution in [0.5, 0.6) is 0 Å². The van der Waals surface area contributed by atoms with Crippen LogP contribution in [0, 0.1) is 5.92 Å². The quantitative estimate of drug-likeness (QED) is 0.140. The number of aliphatic carboxylic acids is 2. The molecule has 1 heterocycles. The van der Waals surface area contributed by atoms with E-state index in [1.807, 2.05) is 0 Å². The molecule has 0 aliphatic carbocycles. The summed E-state index contributed by atoms with van der Waals surface area (Å²) < 4.78 is 0. The number of H-pyrrole nitrogens is 1. The number of aromatic amines is 1. The predicted molar refractivity (Wildman–Crippen MR) is 119 cm³/mol. The first kappa shape index (κ1) is 27.9. The van der Waals surface area contributed by atoms with Crippen molar-refractivity contribution < 1.29 is 34.2 Å². The second-order valence-electron chi connectivity index (χ2n) is 7.82. The summed E-state index contributed by atoms with van der Waals surface area (Å²) in [5.74, 6) is -5.16. The standard InChI is InChI=1S/C19H30N6O7S/c1-9(2)3-12(17(29)25-14(19(31)32)5-15(26)27)24-18(30)13(4-10-6-21-8-22-10)23-16(28)11(20)7-33/h6,8-9,11-14,33H,3-5,7,20H2,1-2H3,(H,21,22)(H,23,28)(H,24,30)(H,25,29)(H,26,27)(H,31,32). The fourth-order valence-electron chi connectivity index (χ4n) is 2.81. The van der Waals surface area contributed by atoms with E-state index in [1.54, 1.807) is 13.8 Å². The van der Waals surface area contributed by atoms with Crippen molar-refractivity contribution in [3.63, 3.8) is 0 Å². The van der Waals surface area contributed by atoms with Gasteiger partial charge in [-0.15, -0.1) is 0 Å². The summed E-state index contributed by atoms with van der Waals surface area (Å²) in [6.45, 7) is 3.57. The van der Waals surface area contributed by atoms with Crippen molar-refractivity contribution in [2.75, 3.05) is 5.75 Å². The van der Waals surface area contributed by atoms with Gasteiger partial charge in [0.2, 0.25) is 17.7 Å². The smallest absolute Gasteiger partial charge is 0.326 e. The molecule has 4 atom stereocenters. The summed E-state index contributed by atoms with van der Waals surface area (Å²) in [5.41, 5.74) is 6.20. The lowest BCUT2D eigenvalue weighted by Crippen LogP contribution is -2.58. The van der Waals surface area contributed by atoms with E-state index in [0.29, 0.717) is 5.69 Å². The molecule has 0 saturated heterocycles. The molecule has 0 aromatic carbocycles. The normalized spacial score (nSPS) is 14.6.